The molecule has 3 rings (SSSR count). The van der Waals surface area contributed by atoms with E-state index in [1.165, 1.54) is 0 Å². The number of nitrogens with zero attached hydrogens (tertiary/aromatic N) is 1. The van der Waals surface area contributed by atoms with E-state index in [9.17, 15) is 13.2 Å². The second kappa shape index (κ2) is 6.69. The van der Waals surface area contributed by atoms with Gasteiger partial charge in [0, 0.05) is 24.3 Å². The molecule has 1 aliphatic heterocycles. The van der Waals surface area contributed by atoms with Crippen molar-refractivity contribution >= 4 is 38.9 Å². The number of hydrogen-bond acceptors (Lipinski definition) is 3. The highest BCUT2D eigenvalue weighted by Crippen LogP contribution is 2.32. The fourth-order valence-electron chi connectivity index (χ4n) is 3.13. The number of anilines is 2. The third kappa shape index (κ3) is 3.37. The van der Waals surface area contributed by atoms with Crippen LogP contribution in [0.15, 0.2) is 41.3 Å². The molecule has 1 amide bonds. The van der Waals surface area contributed by atoms with Crippen LogP contribution in [-0.4, -0.2) is 20.9 Å². The zero-order valence-corrected chi connectivity index (χ0v) is 15.6. The summed E-state index contributed by atoms with van der Waals surface area (Å²) >= 11 is 6.09. The van der Waals surface area contributed by atoms with Crippen LogP contribution in [0.5, 0.6) is 0 Å². The Morgan fingerprint density at radius 3 is 2.64 bits per heavy atom. The molecule has 5 nitrogen and oxygen atoms in total. The molecule has 1 heterocycles. The van der Waals surface area contributed by atoms with Crippen LogP contribution in [0.3, 0.4) is 0 Å². The summed E-state index contributed by atoms with van der Waals surface area (Å²) in [5.74, 6) is 0.0926. The van der Waals surface area contributed by atoms with Gasteiger partial charge in [-0.25, -0.2) is 8.42 Å². The number of hydrogen-bond donors (Lipinski definition) is 1. The van der Waals surface area contributed by atoms with Crippen molar-refractivity contribution in [2.75, 3.05) is 16.2 Å². The monoisotopic (exact) mass is 378 g/mol. The van der Waals surface area contributed by atoms with E-state index in [1.807, 2.05) is 6.92 Å². The average molecular weight is 379 g/mol. The van der Waals surface area contributed by atoms with E-state index in [2.05, 4.69) is 4.72 Å². The number of carbonyl (C=O) groups is 1. The first kappa shape index (κ1) is 17.8. The summed E-state index contributed by atoms with van der Waals surface area (Å²) in [5, 5.41) is 0.188. The smallest absolute Gasteiger partial charge is 0.263 e. The van der Waals surface area contributed by atoms with Crippen LogP contribution >= 0.6 is 11.6 Å². The Kier molecular flexibility index (Phi) is 4.75. The maximum Gasteiger partial charge on any atom is 0.263 e. The number of fused-ring (bicyclic) bond motifs is 1. The van der Waals surface area contributed by atoms with Crippen molar-refractivity contribution in [1.29, 1.82) is 0 Å². The van der Waals surface area contributed by atoms with Crippen LogP contribution < -0.4 is 9.62 Å². The maximum atomic E-state index is 12.7. The number of rotatable bonds is 4. The van der Waals surface area contributed by atoms with Crippen LogP contribution in [0.25, 0.3) is 0 Å². The van der Waals surface area contributed by atoms with Gasteiger partial charge in [-0.05, 0) is 55.7 Å². The highest BCUT2D eigenvalue weighted by molar-refractivity contribution is 7.92. The summed E-state index contributed by atoms with van der Waals surface area (Å²) in [6.45, 7) is 4.22. The van der Waals surface area contributed by atoms with E-state index in [4.69, 9.17) is 11.6 Å². The molecule has 0 saturated carbocycles. The lowest BCUT2D eigenvalue weighted by atomic mass is 10.0. The Morgan fingerprint density at radius 2 is 1.96 bits per heavy atom. The predicted molar refractivity (Wildman–Crippen MR) is 99.8 cm³/mol. The number of benzene rings is 2. The highest BCUT2D eigenvalue weighted by atomic mass is 35.5. The van der Waals surface area contributed by atoms with Gasteiger partial charge in [-0.15, -0.1) is 0 Å². The molecule has 0 spiro atoms. The third-order valence-electron chi connectivity index (χ3n) is 4.28. The standard InChI is InChI=1S/C18H19ClN2O3S/c1-3-21-16-9-8-14(11-13(16)7-10-17(21)22)20-25(23,24)18-12(2)5-4-6-15(18)19/h4-6,8-9,11,20H,3,7,10H2,1-2H3. The first-order chi connectivity index (χ1) is 11.8. The zero-order chi connectivity index (χ0) is 18.2. The fraction of sp³-hybridized carbons (Fsp3) is 0.278. The second-order valence-corrected chi connectivity index (χ2v) is 8.00. The minimum atomic E-state index is -3.79. The summed E-state index contributed by atoms with van der Waals surface area (Å²) in [7, 11) is -3.79. The van der Waals surface area contributed by atoms with Gasteiger partial charge in [0.15, 0.2) is 0 Å². The van der Waals surface area contributed by atoms with Gasteiger partial charge in [-0.1, -0.05) is 23.7 Å². The van der Waals surface area contributed by atoms with Crippen LogP contribution in [0, 0.1) is 6.92 Å². The second-order valence-electron chi connectivity index (χ2n) is 5.97. The SMILES string of the molecule is CCN1C(=O)CCc2cc(NS(=O)(=O)c3c(C)cccc3Cl)ccc21. The van der Waals surface area contributed by atoms with E-state index in [-0.39, 0.29) is 15.8 Å². The minimum absolute atomic E-state index is 0.0831. The summed E-state index contributed by atoms with van der Waals surface area (Å²) < 4.78 is 28.0. The first-order valence-electron chi connectivity index (χ1n) is 8.04. The molecular formula is C18H19ClN2O3S. The van der Waals surface area contributed by atoms with E-state index < -0.39 is 10.0 Å². The van der Waals surface area contributed by atoms with Gasteiger partial charge in [-0.3, -0.25) is 9.52 Å². The largest absolute Gasteiger partial charge is 0.312 e. The molecule has 0 saturated heterocycles. The maximum absolute atomic E-state index is 12.7. The molecule has 0 atom stereocenters. The van der Waals surface area contributed by atoms with Crippen molar-refractivity contribution in [3.05, 3.63) is 52.5 Å². The van der Waals surface area contributed by atoms with Crippen molar-refractivity contribution in [3.63, 3.8) is 0 Å². The number of aryl methyl sites for hydroxylation is 2. The molecule has 0 aliphatic carbocycles. The van der Waals surface area contributed by atoms with Gasteiger partial charge in [-0.2, -0.15) is 0 Å². The summed E-state index contributed by atoms with van der Waals surface area (Å²) in [4.78, 5) is 13.8. The summed E-state index contributed by atoms with van der Waals surface area (Å²) in [6.07, 6.45) is 1.03. The van der Waals surface area contributed by atoms with Crippen molar-refractivity contribution in [2.45, 2.75) is 31.6 Å². The minimum Gasteiger partial charge on any atom is -0.312 e. The molecule has 1 aliphatic rings. The third-order valence-corrected chi connectivity index (χ3v) is 6.29. The van der Waals surface area contributed by atoms with E-state index in [1.54, 1.807) is 48.2 Å². The quantitative estimate of drug-likeness (QED) is 0.881. The van der Waals surface area contributed by atoms with Crippen molar-refractivity contribution in [2.24, 2.45) is 0 Å². The van der Waals surface area contributed by atoms with Gasteiger partial charge >= 0.3 is 0 Å². The Bertz CT molecular complexity index is 921. The highest BCUT2D eigenvalue weighted by Gasteiger charge is 2.24. The molecule has 0 radical (unpaired) electrons. The number of sulfonamides is 1. The number of carbonyl (C=O) groups excluding carboxylic acids is 1. The normalized spacial score (nSPS) is 14.4. The fourth-order valence-corrected chi connectivity index (χ4v) is 5.02. The van der Waals surface area contributed by atoms with Crippen molar-refractivity contribution in [3.8, 4) is 0 Å². The lowest BCUT2D eigenvalue weighted by molar-refractivity contribution is -0.118. The van der Waals surface area contributed by atoms with Gasteiger partial charge in [0.2, 0.25) is 5.91 Å². The van der Waals surface area contributed by atoms with Gasteiger partial charge in [0.25, 0.3) is 10.0 Å². The Labute approximate surface area is 152 Å². The molecule has 0 bridgehead atoms. The molecule has 7 heteroatoms. The van der Waals surface area contributed by atoms with Gasteiger partial charge < -0.3 is 4.90 Å². The average Bonchev–Trinajstić information content (AvgIpc) is 2.54. The van der Waals surface area contributed by atoms with Crippen LogP contribution in [0.2, 0.25) is 5.02 Å². The van der Waals surface area contributed by atoms with Gasteiger partial charge in [0.05, 0.1) is 5.02 Å². The Hall–Kier alpha value is -2.05. The Morgan fingerprint density at radius 1 is 1.20 bits per heavy atom. The molecule has 1 N–H and O–H groups in total. The van der Waals surface area contributed by atoms with E-state index in [0.717, 1.165) is 11.3 Å². The van der Waals surface area contributed by atoms with E-state index >= 15 is 0 Å². The number of nitrogens with one attached hydrogen (secondary N) is 1. The molecule has 132 valence electrons. The van der Waals surface area contributed by atoms with Crippen molar-refractivity contribution < 1.29 is 13.2 Å². The van der Waals surface area contributed by atoms with E-state index in [0.29, 0.717) is 30.6 Å². The molecule has 0 aromatic heterocycles. The zero-order valence-electron chi connectivity index (χ0n) is 14.0. The summed E-state index contributed by atoms with van der Waals surface area (Å²) in [6, 6.07) is 10.2. The van der Waals surface area contributed by atoms with Gasteiger partial charge in [0.1, 0.15) is 4.90 Å². The van der Waals surface area contributed by atoms with Crippen LogP contribution in [0.4, 0.5) is 11.4 Å². The lowest BCUT2D eigenvalue weighted by Gasteiger charge is -2.28. The van der Waals surface area contributed by atoms with Crippen LogP contribution in [-0.2, 0) is 21.2 Å². The predicted octanol–water partition coefficient (Wildman–Crippen LogP) is 3.75. The molecular weight excluding hydrogens is 360 g/mol. The molecule has 2 aromatic carbocycles. The summed E-state index contributed by atoms with van der Waals surface area (Å²) in [5.41, 5.74) is 2.84. The molecule has 2 aromatic rings. The molecule has 25 heavy (non-hydrogen) atoms. The van der Waals surface area contributed by atoms with Crippen LogP contribution in [0.1, 0.15) is 24.5 Å². The molecule has 0 fully saturated rings. The lowest BCUT2D eigenvalue weighted by Crippen LogP contribution is -2.34. The van der Waals surface area contributed by atoms with Crippen molar-refractivity contribution in [1.82, 2.24) is 0 Å². The topological polar surface area (TPSA) is 66.5 Å². The Balaban J connectivity index is 1.95. The first-order valence-corrected chi connectivity index (χ1v) is 9.91. The molecule has 0 unspecified atom stereocenters. The number of halogens is 1. The number of amides is 1.